The van der Waals surface area contributed by atoms with Gasteiger partial charge in [0.15, 0.2) is 12.1 Å². The lowest BCUT2D eigenvalue weighted by atomic mass is 10.2. The van der Waals surface area contributed by atoms with Crippen LogP contribution in [0.1, 0.15) is 5.56 Å². The normalized spacial score (nSPS) is 26.2. The Labute approximate surface area is 97.3 Å². The average molecular weight is 230 g/mol. The zero-order valence-corrected chi connectivity index (χ0v) is 8.91. The number of hydrogen-bond donors (Lipinski definition) is 1. The number of nitrogens with one attached hydrogen (secondary N) is 1. The lowest BCUT2D eigenvalue weighted by molar-refractivity contribution is -0.140. The Morgan fingerprint density at radius 3 is 2.65 bits per heavy atom. The van der Waals surface area contributed by atoms with Gasteiger partial charge in [-0.05, 0) is 5.56 Å². The van der Waals surface area contributed by atoms with Crippen molar-refractivity contribution in [1.29, 1.82) is 0 Å². The molecule has 6 nitrogen and oxygen atoms in total. The lowest BCUT2D eigenvalue weighted by Gasteiger charge is -2.14. The molecule has 0 radical (unpaired) electrons. The fourth-order valence-electron chi connectivity index (χ4n) is 2.04. The summed E-state index contributed by atoms with van der Waals surface area (Å²) in [7, 11) is 0. The number of amides is 2. The van der Waals surface area contributed by atoms with Crippen molar-refractivity contribution in [2.45, 2.75) is 18.6 Å². The lowest BCUT2D eigenvalue weighted by Crippen LogP contribution is -2.36. The first-order valence-corrected chi connectivity index (χ1v) is 5.32. The number of likely N-dealkylation sites (tertiary alicyclic amines) is 1. The van der Waals surface area contributed by atoms with Gasteiger partial charge in [0.25, 0.3) is 11.8 Å². The van der Waals surface area contributed by atoms with Crippen LogP contribution in [-0.4, -0.2) is 28.8 Å². The monoisotopic (exact) mass is 230 g/mol. The van der Waals surface area contributed by atoms with E-state index in [0.29, 0.717) is 6.54 Å². The van der Waals surface area contributed by atoms with E-state index in [4.69, 9.17) is 0 Å². The van der Waals surface area contributed by atoms with Gasteiger partial charge in [-0.1, -0.05) is 35.6 Å². The second kappa shape index (κ2) is 3.65. The fourth-order valence-corrected chi connectivity index (χ4v) is 2.04. The van der Waals surface area contributed by atoms with Crippen LogP contribution in [0.15, 0.2) is 40.7 Å². The minimum absolute atomic E-state index is 0.256. The van der Waals surface area contributed by atoms with Crippen molar-refractivity contribution >= 4 is 11.8 Å². The first-order chi connectivity index (χ1) is 8.27. The van der Waals surface area contributed by atoms with Crippen molar-refractivity contribution in [2.24, 2.45) is 10.3 Å². The third-order valence-electron chi connectivity index (χ3n) is 2.93. The minimum atomic E-state index is -0.675. The number of hydrogen-bond acceptors (Lipinski definition) is 5. The molecule has 1 aromatic rings. The molecule has 86 valence electrons. The molecule has 6 heteroatoms. The summed E-state index contributed by atoms with van der Waals surface area (Å²) in [5.74, 6) is -0.536. The molecule has 2 amide bonds. The van der Waals surface area contributed by atoms with Gasteiger partial charge >= 0.3 is 0 Å². The maximum atomic E-state index is 11.9. The first-order valence-electron chi connectivity index (χ1n) is 5.32. The van der Waals surface area contributed by atoms with Crippen LogP contribution >= 0.6 is 0 Å². The van der Waals surface area contributed by atoms with Crippen molar-refractivity contribution in [3.63, 3.8) is 0 Å². The van der Waals surface area contributed by atoms with Gasteiger partial charge in [0.2, 0.25) is 0 Å². The largest absolute Gasteiger partial charge is 0.276 e. The molecule has 0 bridgehead atoms. The number of rotatable bonds is 2. The minimum Gasteiger partial charge on any atom is -0.276 e. The van der Waals surface area contributed by atoms with Crippen LogP contribution < -0.4 is 5.43 Å². The molecule has 0 aliphatic carbocycles. The molecular weight excluding hydrogens is 220 g/mol. The molecular formula is C11H10N4O2. The Kier molecular flexibility index (Phi) is 2.14. The van der Waals surface area contributed by atoms with Crippen molar-refractivity contribution in [2.75, 3.05) is 0 Å². The zero-order chi connectivity index (χ0) is 11.8. The van der Waals surface area contributed by atoms with Crippen molar-refractivity contribution in [1.82, 2.24) is 10.3 Å². The second-order valence-electron chi connectivity index (χ2n) is 4.02. The number of carbonyl (C=O) groups excluding carboxylic acids is 2. The van der Waals surface area contributed by atoms with E-state index in [1.807, 2.05) is 30.3 Å². The van der Waals surface area contributed by atoms with Crippen LogP contribution in [0.25, 0.3) is 0 Å². The summed E-state index contributed by atoms with van der Waals surface area (Å²) < 4.78 is 0. The van der Waals surface area contributed by atoms with E-state index in [1.54, 1.807) is 0 Å². The van der Waals surface area contributed by atoms with Crippen LogP contribution in [-0.2, 0) is 16.1 Å². The van der Waals surface area contributed by atoms with Crippen molar-refractivity contribution in [3.05, 3.63) is 35.9 Å². The van der Waals surface area contributed by atoms with Gasteiger partial charge in [-0.3, -0.25) is 19.9 Å². The van der Waals surface area contributed by atoms with Crippen LogP contribution in [0.2, 0.25) is 0 Å². The highest BCUT2D eigenvalue weighted by molar-refractivity contribution is 6.09. The number of benzene rings is 1. The smallest absolute Gasteiger partial charge is 0.259 e. The highest BCUT2D eigenvalue weighted by atomic mass is 16.2. The van der Waals surface area contributed by atoms with Gasteiger partial charge < -0.3 is 0 Å². The zero-order valence-electron chi connectivity index (χ0n) is 8.91. The molecule has 0 spiro atoms. The van der Waals surface area contributed by atoms with Crippen LogP contribution in [0.4, 0.5) is 0 Å². The van der Waals surface area contributed by atoms with Crippen LogP contribution in [0, 0.1) is 0 Å². The van der Waals surface area contributed by atoms with Gasteiger partial charge in [0.1, 0.15) is 0 Å². The number of carbonyl (C=O) groups is 2. The van der Waals surface area contributed by atoms with Crippen LogP contribution in [0.3, 0.4) is 0 Å². The van der Waals surface area contributed by atoms with E-state index in [-0.39, 0.29) is 11.8 Å². The summed E-state index contributed by atoms with van der Waals surface area (Å²) in [6, 6.07) is 8.12. The summed E-state index contributed by atoms with van der Waals surface area (Å²) in [6.45, 7) is 0.294. The van der Waals surface area contributed by atoms with Gasteiger partial charge in [-0.15, -0.1) is 0 Å². The third kappa shape index (κ3) is 1.49. The molecule has 17 heavy (non-hydrogen) atoms. The summed E-state index contributed by atoms with van der Waals surface area (Å²) in [5.41, 5.74) is 3.48. The third-order valence-corrected chi connectivity index (χ3v) is 2.93. The summed E-state index contributed by atoms with van der Waals surface area (Å²) in [4.78, 5) is 25.1. The van der Waals surface area contributed by atoms with E-state index in [2.05, 4.69) is 15.8 Å². The Balaban J connectivity index is 1.83. The van der Waals surface area contributed by atoms with Gasteiger partial charge in [0, 0.05) is 0 Å². The molecule has 2 unspecified atom stereocenters. The molecule has 1 saturated heterocycles. The fraction of sp³-hybridized carbons (Fsp3) is 0.273. The maximum absolute atomic E-state index is 11.9. The first kappa shape index (κ1) is 9.95. The molecule has 1 fully saturated rings. The van der Waals surface area contributed by atoms with Gasteiger partial charge in [0.05, 0.1) is 6.54 Å². The molecule has 1 aromatic carbocycles. The highest BCUT2D eigenvalue weighted by Gasteiger charge is 2.50. The molecule has 2 heterocycles. The Hall–Kier alpha value is -2.24. The molecule has 0 aromatic heterocycles. The van der Waals surface area contributed by atoms with Crippen molar-refractivity contribution < 1.29 is 9.59 Å². The van der Waals surface area contributed by atoms with Gasteiger partial charge in [-0.2, -0.15) is 5.11 Å². The predicted molar refractivity (Wildman–Crippen MR) is 57.6 cm³/mol. The van der Waals surface area contributed by atoms with Crippen molar-refractivity contribution in [3.8, 4) is 0 Å². The average Bonchev–Trinajstić information content (AvgIpc) is 2.91. The summed E-state index contributed by atoms with van der Waals surface area (Å²) in [6.07, 6.45) is 0. The highest BCUT2D eigenvalue weighted by Crippen LogP contribution is 2.22. The topological polar surface area (TPSA) is 74.1 Å². The molecule has 2 aliphatic heterocycles. The Morgan fingerprint density at radius 2 is 1.94 bits per heavy atom. The summed E-state index contributed by atoms with van der Waals surface area (Å²) in [5, 5.41) is 7.24. The number of fused-ring (bicyclic) bond motifs is 1. The van der Waals surface area contributed by atoms with Gasteiger partial charge in [-0.25, -0.2) is 0 Å². The SMILES string of the molecule is O=C1C2N=NNC2C(=O)N1Cc1ccccc1. The van der Waals surface area contributed by atoms with E-state index < -0.39 is 12.1 Å². The maximum Gasteiger partial charge on any atom is 0.259 e. The standard InChI is InChI=1S/C11H10N4O2/c16-10-8-9(13-14-12-8)11(17)15(10)6-7-4-2-1-3-5-7/h1-5,8-9H,6H2,(H,12,13). The van der Waals surface area contributed by atoms with Crippen LogP contribution in [0.5, 0.6) is 0 Å². The van der Waals surface area contributed by atoms with E-state index >= 15 is 0 Å². The predicted octanol–water partition coefficient (Wildman–Crippen LogP) is 0.263. The van der Waals surface area contributed by atoms with E-state index in [0.717, 1.165) is 5.56 Å². The molecule has 0 saturated carbocycles. The molecule has 2 aliphatic rings. The molecule has 3 rings (SSSR count). The molecule has 2 atom stereocenters. The molecule has 1 N–H and O–H groups in total. The van der Waals surface area contributed by atoms with E-state index in [9.17, 15) is 9.59 Å². The Morgan fingerprint density at radius 1 is 1.18 bits per heavy atom. The summed E-state index contributed by atoms with van der Waals surface area (Å²) >= 11 is 0. The Bertz CT molecular complexity index is 499. The number of nitrogens with zero attached hydrogens (tertiary/aromatic N) is 3. The second-order valence-corrected chi connectivity index (χ2v) is 4.02. The van der Waals surface area contributed by atoms with E-state index in [1.165, 1.54) is 4.90 Å². The number of imide groups is 1. The quantitative estimate of drug-likeness (QED) is 0.741.